The van der Waals surface area contributed by atoms with Gasteiger partial charge < -0.3 is 34.7 Å². The van der Waals surface area contributed by atoms with Gasteiger partial charge in [-0.1, -0.05) is 35.9 Å². The predicted molar refractivity (Wildman–Crippen MR) is 174 cm³/mol. The normalized spacial score (nSPS) is 15.3. The van der Waals surface area contributed by atoms with Crippen LogP contribution in [0.1, 0.15) is 42.1 Å². The summed E-state index contributed by atoms with van der Waals surface area (Å²) >= 11 is 2.22. The van der Waals surface area contributed by atoms with Crippen molar-refractivity contribution in [1.29, 1.82) is 0 Å². The van der Waals surface area contributed by atoms with E-state index < -0.39 is 24.3 Å². The Morgan fingerprint density at radius 2 is 1.80 bits per heavy atom. The first-order chi connectivity index (χ1) is 21.2. The Kier molecular flexibility index (Phi) is 11.4. The zero-order chi connectivity index (χ0) is 31.6. The minimum Gasteiger partial charge on any atom is -0.490 e. The maximum absolute atomic E-state index is 12.4. The molecule has 12 heteroatoms. The summed E-state index contributed by atoms with van der Waals surface area (Å²) in [6.45, 7) is 6.20. The Hall–Kier alpha value is -4.30. The molecule has 1 aliphatic rings. The number of nitrogens with zero attached hydrogens (tertiary/aromatic N) is 1. The molecule has 0 aromatic heterocycles. The highest BCUT2D eigenvalue weighted by Crippen LogP contribution is 2.35. The Labute approximate surface area is 269 Å². The number of carbonyl (C=O) groups is 2. The lowest BCUT2D eigenvalue weighted by molar-refractivity contribution is -0.136. The van der Waals surface area contributed by atoms with E-state index >= 15 is 0 Å². The third-order valence-electron chi connectivity index (χ3n) is 6.58. The van der Waals surface area contributed by atoms with E-state index in [9.17, 15) is 14.7 Å². The van der Waals surface area contributed by atoms with Crippen LogP contribution in [0, 0.1) is 10.5 Å². The molecule has 0 unspecified atom stereocenters. The van der Waals surface area contributed by atoms with Crippen LogP contribution < -0.4 is 30.3 Å². The molecule has 0 fully saturated rings. The molecule has 0 saturated heterocycles. The summed E-state index contributed by atoms with van der Waals surface area (Å²) in [5, 5.41) is 19.9. The molecule has 3 aromatic rings. The topological polar surface area (TPSA) is 140 Å². The van der Waals surface area contributed by atoms with E-state index in [0.717, 1.165) is 20.4 Å². The van der Waals surface area contributed by atoms with E-state index in [2.05, 4.69) is 62.8 Å². The summed E-state index contributed by atoms with van der Waals surface area (Å²) in [7, 11) is 1.28. The van der Waals surface area contributed by atoms with Gasteiger partial charge in [0.25, 0.3) is 0 Å². The van der Waals surface area contributed by atoms with Gasteiger partial charge in [0.15, 0.2) is 17.7 Å². The summed E-state index contributed by atoms with van der Waals surface area (Å²) in [4.78, 5) is 24.6. The molecular weight excluding hydrogens is 679 g/mol. The van der Waals surface area contributed by atoms with Crippen molar-refractivity contribution in [2.24, 2.45) is 5.10 Å². The number of hydrogen-bond acceptors (Lipinski definition) is 9. The molecular formula is C32H35IN4O7. The molecule has 0 bridgehead atoms. The van der Waals surface area contributed by atoms with Gasteiger partial charge in [-0.2, -0.15) is 5.10 Å². The molecule has 1 aliphatic heterocycles. The molecule has 0 radical (unpaired) electrons. The second-order valence-electron chi connectivity index (χ2n) is 9.88. The Morgan fingerprint density at radius 3 is 2.50 bits per heavy atom. The number of rotatable bonds is 13. The fourth-order valence-corrected chi connectivity index (χ4v) is 5.07. The lowest BCUT2D eigenvalue weighted by Crippen LogP contribution is -2.45. The molecule has 0 aliphatic carbocycles. The molecule has 44 heavy (non-hydrogen) atoms. The Morgan fingerprint density at radius 1 is 1.05 bits per heavy atom. The second-order valence-corrected chi connectivity index (χ2v) is 11.0. The van der Waals surface area contributed by atoms with Gasteiger partial charge >= 0.3 is 12.0 Å². The minimum absolute atomic E-state index is 0.128. The number of aryl methyl sites for hydroxylation is 1. The zero-order valence-electron chi connectivity index (χ0n) is 24.8. The molecule has 3 aromatic carbocycles. The molecule has 2 amide bonds. The molecule has 4 N–H and O–H groups in total. The van der Waals surface area contributed by atoms with Crippen LogP contribution in [0.4, 0.5) is 4.79 Å². The van der Waals surface area contributed by atoms with E-state index in [-0.39, 0.29) is 12.2 Å². The number of aliphatic hydroxyl groups excluding tert-OH is 1. The number of ether oxygens (including phenoxy) is 4. The molecule has 4 rings (SSSR count). The first kappa shape index (κ1) is 32.6. The van der Waals surface area contributed by atoms with Crippen LogP contribution in [0.15, 0.2) is 77.0 Å². The molecule has 0 spiro atoms. The van der Waals surface area contributed by atoms with Crippen molar-refractivity contribution in [2.45, 2.75) is 39.6 Å². The number of esters is 1. The zero-order valence-corrected chi connectivity index (χ0v) is 27.0. The van der Waals surface area contributed by atoms with E-state index in [0.29, 0.717) is 36.0 Å². The van der Waals surface area contributed by atoms with Crippen molar-refractivity contribution >= 4 is 40.8 Å². The monoisotopic (exact) mass is 714 g/mol. The summed E-state index contributed by atoms with van der Waals surface area (Å²) in [6.07, 6.45) is 0.480. The van der Waals surface area contributed by atoms with Crippen molar-refractivity contribution in [2.75, 3.05) is 20.3 Å². The summed E-state index contributed by atoms with van der Waals surface area (Å²) in [5.41, 5.74) is 7.05. The Balaban J connectivity index is 1.34. The number of methoxy groups -OCH3 is 1. The number of benzene rings is 3. The maximum Gasteiger partial charge on any atom is 0.337 e. The molecule has 1 heterocycles. The minimum atomic E-state index is -1.11. The highest BCUT2D eigenvalue weighted by molar-refractivity contribution is 14.1. The summed E-state index contributed by atoms with van der Waals surface area (Å²) in [6, 6.07) is 17.8. The van der Waals surface area contributed by atoms with Crippen molar-refractivity contribution in [3.05, 3.63) is 97.8 Å². The van der Waals surface area contributed by atoms with Crippen molar-refractivity contribution in [3.63, 3.8) is 0 Å². The maximum atomic E-state index is 12.4. The number of urea groups is 1. The van der Waals surface area contributed by atoms with Crippen molar-refractivity contribution in [3.8, 4) is 17.2 Å². The first-order valence-corrected chi connectivity index (χ1v) is 15.0. The van der Waals surface area contributed by atoms with Gasteiger partial charge in [-0.15, -0.1) is 0 Å². The number of nitrogens with one attached hydrogen (secondary N) is 3. The average Bonchev–Trinajstić information content (AvgIpc) is 3.00. The molecule has 232 valence electrons. The number of hydrogen-bond donors (Lipinski definition) is 4. The van der Waals surface area contributed by atoms with Gasteiger partial charge in [-0.05, 0) is 90.4 Å². The third-order valence-corrected chi connectivity index (χ3v) is 7.42. The van der Waals surface area contributed by atoms with E-state index in [1.165, 1.54) is 12.7 Å². The van der Waals surface area contributed by atoms with Crippen molar-refractivity contribution < 1.29 is 33.6 Å². The molecule has 2 atom stereocenters. The van der Waals surface area contributed by atoms with Crippen LogP contribution in [0.2, 0.25) is 0 Å². The van der Waals surface area contributed by atoms with E-state index in [4.69, 9.17) is 18.9 Å². The lowest BCUT2D eigenvalue weighted by atomic mass is 9.95. The summed E-state index contributed by atoms with van der Waals surface area (Å²) < 4.78 is 23.4. The fourth-order valence-electron chi connectivity index (χ4n) is 4.38. The quantitative estimate of drug-likeness (QED) is 0.0658. The molecule has 0 saturated carbocycles. The van der Waals surface area contributed by atoms with Crippen LogP contribution in [-0.2, 0) is 16.1 Å². The fraction of sp³-hybridized carbons (Fsp3) is 0.281. The van der Waals surface area contributed by atoms with Gasteiger partial charge in [0.1, 0.15) is 19.0 Å². The average molecular weight is 715 g/mol. The van der Waals surface area contributed by atoms with Crippen LogP contribution in [0.3, 0.4) is 0 Å². The van der Waals surface area contributed by atoms with E-state index in [1.54, 1.807) is 31.3 Å². The van der Waals surface area contributed by atoms with Crippen molar-refractivity contribution in [1.82, 2.24) is 16.1 Å². The standard InChI is InChI=1S/C32H35IN4O7/c1-5-42-27-15-23(30-29(31(39)41-4)20(3)35-32(40)36-30)11-13-26(27)44-18-28(38)37-34-16-22-10-12-25(24(33)14-22)43-17-21-8-6-19(2)7-9-21/h6-16,28,30,37-38H,5,17-18H2,1-4H3,(H2,35,36,40)/b34-16-/t28-,30-/m0/s1. The number of allylic oxidation sites excluding steroid dienone is 1. The lowest BCUT2D eigenvalue weighted by Gasteiger charge is -2.28. The predicted octanol–water partition coefficient (Wildman–Crippen LogP) is 4.70. The molecule has 11 nitrogen and oxygen atoms in total. The third kappa shape index (κ3) is 8.63. The van der Waals surface area contributed by atoms with E-state index in [1.807, 2.05) is 37.3 Å². The van der Waals surface area contributed by atoms with Gasteiger partial charge in [-0.3, -0.25) is 5.43 Å². The van der Waals surface area contributed by atoms with Gasteiger partial charge in [-0.25, -0.2) is 9.59 Å². The van der Waals surface area contributed by atoms with Gasteiger partial charge in [0, 0.05) is 5.70 Å². The second kappa shape index (κ2) is 15.4. The number of hydrazone groups is 1. The van der Waals surface area contributed by atoms with Crippen LogP contribution in [0.25, 0.3) is 0 Å². The highest BCUT2D eigenvalue weighted by Gasteiger charge is 2.32. The van der Waals surface area contributed by atoms with Gasteiger partial charge in [0.05, 0.1) is 35.1 Å². The van der Waals surface area contributed by atoms with Gasteiger partial charge in [0.2, 0.25) is 0 Å². The van der Waals surface area contributed by atoms with Crippen LogP contribution in [-0.4, -0.2) is 49.9 Å². The van der Waals surface area contributed by atoms with Crippen LogP contribution in [0.5, 0.6) is 17.2 Å². The SMILES string of the molecule is CCOc1cc([C@@H]2NC(=O)NC(C)=C2C(=O)OC)ccc1OC[C@H](O)N/N=C\c1ccc(OCc2ccc(C)cc2)c(I)c1. The highest BCUT2D eigenvalue weighted by atomic mass is 127. The number of aliphatic hydroxyl groups is 1. The Bertz CT molecular complexity index is 1540. The first-order valence-electron chi connectivity index (χ1n) is 13.9. The van der Waals surface area contributed by atoms with Crippen LogP contribution >= 0.6 is 22.6 Å². The number of amides is 2. The largest absolute Gasteiger partial charge is 0.490 e. The number of halogens is 1. The number of carbonyl (C=O) groups excluding carboxylic acids is 2. The summed E-state index contributed by atoms with van der Waals surface area (Å²) in [5.74, 6) is 0.965. The smallest absolute Gasteiger partial charge is 0.337 e.